The number of rotatable bonds is 3. The van der Waals surface area contributed by atoms with Gasteiger partial charge in [-0.05, 0) is 23.3 Å². The van der Waals surface area contributed by atoms with Crippen LogP contribution in [0.25, 0.3) is 0 Å². The van der Waals surface area contributed by atoms with Gasteiger partial charge in [-0.15, -0.1) is 0 Å². The largest absolute Gasteiger partial charge is 0.508 e. The van der Waals surface area contributed by atoms with Crippen LogP contribution in [-0.4, -0.2) is 23.1 Å². The third-order valence-electron chi connectivity index (χ3n) is 3.17. The topological polar surface area (TPSA) is 23.2 Å². The molecular formula is C15H15NO. The van der Waals surface area contributed by atoms with Crippen LogP contribution in [0.15, 0.2) is 54.6 Å². The molecule has 3 rings (SSSR count). The molecule has 2 heteroatoms. The summed E-state index contributed by atoms with van der Waals surface area (Å²) in [6, 6.07) is 18.4. The van der Waals surface area contributed by atoms with Gasteiger partial charge in [-0.3, -0.25) is 4.90 Å². The minimum Gasteiger partial charge on any atom is -0.508 e. The Hall–Kier alpha value is -1.80. The molecule has 1 heterocycles. The average Bonchev–Trinajstić information content (AvgIpc) is 3.18. The summed E-state index contributed by atoms with van der Waals surface area (Å²) in [6.45, 7) is 2.31. The number of hydrogen-bond donors (Lipinski definition) is 1. The molecular weight excluding hydrogens is 210 g/mol. The van der Waals surface area contributed by atoms with Gasteiger partial charge < -0.3 is 5.11 Å². The Kier molecular flexibility index (Phi) is 2.57. The lowest BCUT2D eigenvalue weighted by molar-refractivity contribution is 0.464. The molecule has 0 amide bonds. The predicted octanol–water partition coefficient (Wildman–Crippen LogP) is 2.80. The van der Waals surface area contributed by atoms with Crippen molar-refractivity contribution in [2.24, 2.45) is 0 Å². The van der Waals surface area contributed by atoms with Crippen molar-refractivity contribution in [1.29, 1.82) is 0 Å². The number of nitrogens with zero attached hydrogens (tertiary/aromatic N) is 1. The number of phenolic OH excluding ortho intramolecular Hbond substituents is 1. The maximum atomic E-state index is 9.35. The molecule has 1 fully saturated rings. The normalized spacial score (nSPS) is 16.7. The number of benzene rings is 2. The molecule has 2 aromatic rings. The summed E-state index contributed by atoms with van der Waals surface area (Å²) in [7, 11) is 0. The molecule has 2 nitrogen and oxygen atoms in total. The van der Waals surface area contributed by atoms with E-state index >= 15 is 0 Å². The number of aromatic hydroxyl groups is 1. The third kappa shape index (κ3) is 2.17. The van der Waals surface area contributed by atoms with Crippen LogP contribution >= 0.6 is 0 Å². The lowest BCUT2D eigenvalue weighted by Crippen LogP contribution is -2.10. The van der Waals surface area contributed by atoms with Gasteiger partial charge in [0, 0.05) is 13.1 Å². The van der Waals surface area contributed by atoms with E-state index in [1.165, 1.54) is 11.1 Å². The van der Waals surface area contributed by atoms with E-state index in [1.54, 1.807) is 12.1 Å². The number of hydrogen-bond acceptors (Lipinski definition) is 2. The minimum atomic E-state index is 0.325. The van der Waals surface area contributed by atoms with Crippen LogP contribution in [0.5, 0.6) is 5.75 Å². The highest BCUT2D eigenvalue weighted by molar-refractivity contribution is 5.35. The van der Waals surface area contributed by atoms with Crippen LogP contribution in [0, 0.1) is 0 Å². The van der Waals surface area contributed by atoms with Gasteiger partial charge in [0.1, 0.15) is 5.75 Å². The molecule has 0 radical (unpaired) electrons. The van der Waals surface area contributed by atoms with E-state index in [0.29, 0.717) is 11.8 Å². The van der Waals surface area contributed by atoms with Crippen LogP contribution in [0.4, 0.5) is 0 Å². The second-order valence-corrected chi connectivity index (χ2v) is 4.44. The Balaban J connectivity index is 1.98. The van der Waals surface area contributed by atoms with E-state index in [-0.39, 0.29) is 0 Å². The van der Waals surface area contributed by atoms with E-state index in [2.05, 4.69) is 29.2 Å². The van der Waals surface area contributed by atoms with Crippen LogP contribution in [-0.2, 0) is 0 Å². The van der Waals surface area contributed by atoms with Gasteiger partial charge in [0.15, 0.2) is 0 Å². The van der Waals surface area contributed by atoms with E-state index < -0.39 is 0 Å². The molecule has 1 aliphatic heterocycles. The van der Waals surface area contributed by atoms with Crippen LogP contribution in [0.1, 0.15) is 17.2 Å². The molecule has 86 valence electrons. The highest BCUT2D eigenvalue weighted by atomic mass is 16.3. The standard InChI is InChI=1S/C15H15NO/c17-14-8-6-13(7-9-14)15(16-10-11-16)12-4-2-1-3-5-12/h1-9,15,17H,10-11H2. The summed E-state index contributed by atoms with van der Waals surface area (Å²) in [5.41, 5.74) is 2.56. The van der Waals surface area contributed by atoms with Gasteiger partial charge in [0.25, 0.3) is 0 Å². The SMILES string of the molecule is Oc1ccc(C(c2ccccc2)N2CC2)cc1. The number of phenols is 1. The van der Waals surface area contributed by atoms with Crippen molar-refractivity contribution in [3.05, 3.63) is 65.7 Å². The van der Waals surface area contributed by atoms with E-state index in [4.69, 9.17) is 0 Å². The van der Waals surface area contributed by atoms with Crippen molar-refractivity contribution in [2.75, 3.05) is 13.1 Å². The average molecular weight is 225 g/mol. The molecule has 0 aromatic heterocycles. The van der Waals surface area contributed by atoms with Crippen molar-refractivity contribution >= 4 is 0 Å². The summed E-state index contributed by atoms with van der Waals surface area (Å²) >= 11 is 0. The lowest BCUT2D eigenvalue weighted by Gasteiger charge is -2.19. The summed E-state index contributed by atoms with van der Waals surface area (Å²) in [5.74, 6) is 0.325. The molecule has 17 heavy (non-hydrogen) atoms. The molecule has 1 unspecified atom stereocenters. The Morgan fingerprint density at radius 3 is 2.00 bits per heavy atom. The summed E-state index contributed by atoms with van der Waals surface area (Å²) in [6.07, 6.45) is 0. The first-order valence-corrected chi connectivity index (χ1v) is 5.92. The predicted molar refractivity (Wildman–Crippen MR) is 68.0 cm³/mol. The molecule has 1 saturated heterocycles. The van der Waals surface area contributed by atoms with Crippen molar-refractivity contribution in [2.45, 2.75) is 6.04 Å². The fraction of sp³-hybridized carbons (Fsp3) is 0.200. The third-order valence-corrected chi connectivity index (χ3v) is 3.17. The van der Waals surface area contributed by atoms with Crippen molar-refractivity contribution in [1.82, 2.24) is 4.90 Å². The van der Waals surface area contributed by atoms with Crippen LogP contribution in [0.3, 0.4) is 0 Å². The zero-order chi connectivity index (χ0) is 11.7. The zero-order valence-electron chi connectivity index (χ0n) is 9.58. The maximum Gasteiger partial charge on any atom is 0.115 e. The molecule has 1 N–H and O–H groups in total. The van der Waals surface area contributed by atoms with Crippen molar-refractivity contribution in [3.8, 4) is 5.75 Å². The zero-order valence-corrected chi connectivity index (χ0v) is 9.58. The molecule has 0 aliphatic carbocycles. The summed E-state index contributed by atoms with van der Waals surface area (Å²) in [5, 5.41) is 9.35. The smallest absolute Gasteiger partial charge is 0.115 e. The lowest BCUT2D eigenvalue weighted by atomic mass is 9.98. The van der Waals surface area contributed by atoms with Crippen LogP contribution < -0.4 is 0 Å². The molecule has 0 spiro atoms. The Labute approximate surface area is 101 Å². The quantitative estimate of drug-likeness (QED) is 0.812. The van der Waals surface area contributed by atoms with Crippen molar-refractivity contribution in [3.63, 3.8) is 0 Å². The van der Waals surface area contributed by atoms with Gasteiger partial charge in [-0.1, -0.05) is 42.5 Å². The molecule has 0 bridgehead atoms. The first-order chi connectivity index (χ1) is 8.34. The second kappa shape index (κ2) is 4.22. The Morgan fingerprint density at radius 1 is 0.824 bits per heavy atom. The Bertz CT molecular complexity index is 488. The van der Waals surface area contributed by atoms with E-state index in [9.17, 15) is 5.11 Å². The minimum absolute atomic E-state index is 0.325. The van der Waals surface area contributed by atoms with Gasteiger partial charge in [-0.2, -0.15) is 0 Å². The monoisotopic (exact) mass is 225 g/mol. The van der Waals surface area contributed by atoms with Crippen LogP contribution in [0.2, 0.25) is 0 Å². The van der Waals surface area contributed by atoms with Gasteiger partial charge >= 0.3 is 0 Å². The fourth-order valence-corrected chi connectivity index (χ4v) is 2.22. The highest BCUT2D eigenvalue weighted by Gasteiger charge is 2.29. The van der Waals surface area contributed by atoms with E-state index in [1.807, 2.05) is 18.2 Å². The molecule has 0 saturated carbocycles. The molecule has 2 aromatic carbocycles. The first kappa shape index (κ1) is 10.4. The van der Waals surface area contributed by atoms with Crippen molar-refractivity contribution < 1.29 is 5.11 Å². The summed E-state index contributed by atoms with van der Waals surface area (Å²) < 4.78 is 0. The second-order valence-electron chi connectivity index (χ2n) is 4.44. The molecule has 1 aliphatic rings. The van der Waals surface area contributed by atoms with Gasteiger partial charge in [0.05, 0.1) is 6.04 Å². The Morgan fingerprint density at radius 2 is 1.41 bits per heavy atom. The van der Waals surface area contributed by atoms with Gasteiger partial charge in [-0.25, -0.2) is 0 Å². The highest BCUT2D eigenvalue weighted by Crippen LogP contribution is 2.33. The van der Waals surface area contributed by atoms with E-state index in [0.717, 1.165) is 13.1 Å². The first-order valence-electron chi connectivity index (χ1n) is 5.92. The molecule has 1 atom stereocenters. The van der Waals surface area contributed by atoms with Gasteiger partial charge in [0.2, 0.25) is 0 Å². The maximum absolute atomic E-state index is 9.35. The summed E-state index contributed by atoms with van der Waals surface area (Å²) in [4.78, 5) is 2.42. The fourth-order valence-electron chi connectivity index (χ4n) is 2.22.